The Bertz CT molecular complexity index is 657. The van der Waals surface area contributed by atoms with Gasteiger partial charge >= 0.3 is 5.97 Å². The molecule has 6 nitrogen and oxygen atoms in total. The molecule has 2 aliphatic rings. The lowest BCUT2D eigenvalue weighted by Gasteiger charge is -2.18. The van der Waals surface area contributed by atoms with Crippen molar-refractivity contribution in [2.45, 2.75) is 24.8 Å². The zero-order valence-corrected chi connectivity index (χ0v) is 11.7. The van der Waals surface area contributed by atoms with E-state index in [9.17, 15) is 18.8 Å². The van der Waals surface area contributed by atoms with Gasteiger partial charge in [0.25, 0.3) is 0 Å². The van der Waals surface area contributed by atoms with Crippen LogP contribution in [0, 0.1) is 11.7 Å². The molecule has 7 heteroatoms. The van der Waals surface area contributed by atoms with E-state index in [4.69, 9.17) is 5.11 Å². The second-order valence-corrected chi connectivity index (χ2v) is 5.73. The average molecular weight is 306 g/mol. The summed E-state index contributed by atoms with van der Waals surface area (Å²) in [5, 5.41) is 11.6. The molecule has 0 aromatic heterocycles. The number of carboxylic acids is 1. The van der Waals surface area contributed by atoms with Gasteiger partial charge in [0.05, 0.1) is 11.6 Å². The molecular formula is C15H15FN2O4. The third-order valence-corrected chi connectivity index (χ3v) is 4.16. The summed E-state index contributed by atoms with van der Waals surface area (Å²) in [6.07, 6.45) is 0.743. The van der Waals surface area contributed by atoms with Gasteiger partial charge in [-0.05, 0) is 25.0 Å². The zero-order chi connectivity index (χ0) is 15.9. The number of nitrogens with zero attached hydrogens (tertiary/aromatic N) is 1. The SMILES string of the molecule is O=C(NC1(C(=O)O)CC1)C1CC(=O)N(c2ccccc2F)C1. The molecule has 2 fully saturated rings. The van der Waals surface area contributed by atoms with Crippen molar-refractivity contribution in [2.75, 3.05) is 11.4 Å². The third kappa shape index (κ3) is 2.43. The first kappa shape index (κ1) is 14.5. The molecule has 3 rings (SSSR count). The van der Waals surface area contributed by atoms with Crippen molar-refractivity contribution in [3.63, 3.8) is 0 Å². The normalized spacial score (nSPS) is 22.5. The average Bonchev–Trinajstić information content (AvgIpc) is 3.15. The summed E-state index contributed by atoms with van der Waals surface area (Å²) in [7, 11) is 0. The lowest BCUT2D eigenvalue weighted by atomic mass is 10.1. The van der Waals surface area contributed by atoms with Crippen LogP contribution >= 0.6 is 0 Å². The van der Waals surface area contributed by atoms with Crippen LogP contribution in [0.3, 0.4) is 0 Å². The van der Waals surface area contributed by atoms with Crippen LogP contribution in [-0.2, 0) is 14.4 Å². The van der Waals surface area contributed by atoms with Crippen molar-refractivity contribution in [2.24, 2.45) is 5.92 Å². The molecule has 1 aromatic carbocycles. The molecule has 1 aromatic rings. The number of amides is 2. The van der Waals surface area contributed by atoms with Crippen molar-refractivity contribution >= 4 is 23.5 Å². The van der Waals surface area contributed by atoms with Crippen LogP contribution in [0.4, 0.5) is 10.1 Å². The zero-order valence-electron chi connectivity index (χ0n) is 11.7. The van der Waals surface area contributed by atoms with E-state index in [1.165, 1.54) is 23.1 Å². The van der Waals surface area contributed by atoms with E-state index in [-0.39, 0.29) is 24.6 Å². The Labute approximate surface area is 125 Å². The van der Waals surface area contributed by atoms with Gasteiger partial charge in [0.15, 0.2) is 0 Å². The summed E-state index contributed by atoms with van der Waals surface area (Å²) >= 11 is 0. The molecule has 0 radical (unpaired) electrons. The predicted octanol–water partition coefficient (Wildman–Crippen LogP) is 0.912. The van der Waals surface area contributed by atoms with Crippen LogP contribution in [0.5, 0.6) is 0 Å². The highest BCUT2D eigenvalue weighted by atomic mass is 19.1. The Kier molecular flexibility index (Phi) is 3.35. The molecule has 1 atom stereocenters. The van der Waals surface area contributed by atoms with Gasteiger partial charge in [0.2, 0.25) is 11.8 Å². The topological polar surface area (TPSA) is 86.7 Å². The second kappa shape index (κ2) is 5.08. The first-order valence-corrected chi connectivity index (χ1v) is 7.03. The smallest absolute Gasteiger partial charge is 0.329 e. The van der Waals surface area contributed by atoms with Crippen molar-refractivity contribution in [3.05, 3.63) is 30.1 Å². The van der Waals surface area contributed by atoms with Gasteiger partial charge in [-0.1, -0.05) is 12.1 Å². The van der Waals surface area contributed by atoms with E-state index in [0.717, 1.165) is 0 Å². The van der Waals surface area contributed by atoms with Gasteiger partial charge < -0.3 is 15.3 Å². The number of anilines is 1. The number of carboxylic acid groups (broad SMARTS) is 1. The molecule has 116 valence electrons. The number of aliphatic carboxylic acids is 1. The second-order valence-electron chi connectivity index (χ2n) is 5.73. The summed E-state index contributed by atoms with van der Waals surface area (Å²) in [6.45, 7) is 0.0568. The number of carbonyl (C=O) groups excluding carboxylic acids is 2. The van der Waals surface area contributed by atoms with Gasteiger partial charge in [0.1, 0.15) is 11.4 Å². The van der Waals surface area contributed by atoms with E-state index in [0.29, 0.717) is 12.8 Å². The fourth-order valence-corrected chi connectivity index (χ4v) is 2.64. The van der Waals surface area contributed by atoms with Crippen LogP contribution in [0.25, 0.3) is 0 Å². The number of rotatable bonds is 4. The molecule has 1 saturated carbocycles. The molecule has 22 heavy (non-hydrogen) atoms. The first-order chi connectivity index (χ1) is 10.4. The van der Waals surface area contributed by atoms with Crippen molar-refractivity contribution in [1.29, 1.82) is 0 Å². The van der Waals surface area contributed by atoms with E-state index >= 15 is 0 Å². The van der Waals surface area contributed by atoms with Crippen LogP contribution in [-0.4, -0.2) is 35.0 Å². The molecular weight excluding hydrogens is 291 g/mol. The first-order valence-electron chi connectivity index (χ1n) is 7.03. The van der Waals surface area contributed by atoms with Gasteiger partial charge in [-0.2, -0.15) is 0 Å². The number of hydrogen-bond acceptors (Lipinski definition) is 3. The molecule has 1 unspecified atom stereocenters. The Morgan fingerprint density at radius 3 is 2.59 bits per heavy atom. The van der Waals surface area contributed by atoms with E-state index in [1.54, 1.807) is 6.07 Å². The Hall–Kier alpha value is -2.44. The summed E-state index contributed by atoms with van der Waals surface area (Å²) in [4.78, 5) is 36.5. The predicted molar refractivity (Wildman–Crippen MR) is 74.6 cm³/mol. The standard InChI is InChI=1S/C15H15FN2O4/c16-10-3-1-2-4-11(10)18-8-9(7-12(18)19)13(20)17-15(5-6-15)14(21)22/h1-4,9H,5-8H2,(H,17,20)(H,21,22). The summed E-state index contributed by atoms with van der Waals surface area (Å²) in [6, 6.07) is 5.86. The Morgan fingerprint density at radius 2 is 2.00 bits per heavy atom. The monoisotopic (exact) mass is 306 g/mol. The molecule has 0 bridgehead atoms. The highest BCUT2D eigenvalue weighted by Gasteiger charge is 2.52. The van der Waals surface area contributed by atoms with Gasteiger partial charge in [-0.15, -0.1) is 0 Å². The lowest BCUT2D eigenvalue weighted by Crippen LogP contribution is -2.46. The number of halogens is 1. The molecule has 1 aliphatic heterocycles. The third-order valence-electron chi connectivity index (χ3n) is 4.16. The molecule has 2 amide bonds. The van der Waals surface area contributed by atoms with Gasteiger partial charge in [-0.3, -0.25) is 9.59 Å². The van der Waals surface area contributed by atoms with E-state index in [1.807, 2.05) is 0 Å². The van der Waals surface area contributed by atoms with Crippen molar-refractivity contribution < 1.29 is 23.9 Å². The minimum absolute atomic E-state index is 0.0458. The molecule has 2 N–H and O–H groups in total. The fraction of sp³-hybridized carbons (Fsp3) is 0.400. The number of hydrogen-bond donors (Lipinski definition) is 2. The molecule has 1 saturated heterocycles. The van der Waals surface area contributed by atoms with Crippen LogP contribution in [0.1, 0.15) is 19.3 Å². The number of carbonyl (C=O) groups is 3. The number of nitrogens with one attached hydrogen (secondary N) is 1. The maximum absolute atomic E-state index is 13.8. The molecule has 1 aliphatic carbocycles. The van der Waals surface area contributed by atoms with Crippen molar-refractivity contribution in [3.8, 4) is 0 Å². The number of para-hydroxylation sites is 1. The highest BCUT2D eigenvalue weighted by molar-refractivity contribution is 6.01. The maximum Gasteiger partial charge on any atom is 0.329 e. The lowest BCUT2D eigenvalue weighted by molar-refractivity contribution is -0.143. The van der Waals surface area contributed by atoms with E-state index in [2.05, 4.69) is 5.32 Å². The Morgan fingerprint density at radius 1 is 1.32 bits per heavy atom. The molecule has 0 spiro atoms. The van der Waals surface area contributed by atoms with Crippen LogP contribution in [0.15, 0.2) is 24.3 Å². The minimum atomic E-state index is -1.18. The maximum atomic E-state index is 13.8. The fourth-order valence-electron chi connectivity index (χ4n) is 2.64. The largest absolute Gasteiger partial charge is 0.480 e. The van der Waals surface area contributed by atoms with Crippen LogP contribution < -0.4 is 10.2 Å². The molecule has 1 heterocycles. The summed E-state index contributed by atoms with van der Waals surface area (Å²) in [5.41, 5.74) is -1.03. The Balaban J connectivity index is 1.71. The summed E-state index contributed by atoms with van der Waals surface area (Å²) < 4.78 is 13.8. The van der Waals surface area contributed by atoms with Gasteiger partial charge in [0, 0.05) is 13.0 Å². The van der Waals surface area contributed by atoms with E-state index < -0.39 is 29.2 Å². The van der Waals surface area contributed by atoms with Crippen LogP contribution in [0.2, 0.25) is 0 Å². The highest BCUT2D eigenvalue weighted by Crippen LogP contribution is 2.36. The summed E-state index contributed by atoms with van der Waals surface area (Å²) in [5.74, 6) is -3.06. The minimum Gasteiger partial charge on any atom is -0.480 e. The quantitative estimate of drug-likeness (QED) is 0.866. The van der Waals surface area contributed by atoms with Crippen molar-refractivity contribution in [1.82, 2.24) is 5.32 Å². The van der Waals surface area contributed by atoms with Gasteiger partial charge in [-0.25, -0.2) is 9.18 Å². The number of benzene rings is 1.